The Kier molecular flexibility index (Phi) is 6.23. The maximum Gasteiger partial charge on any atom is 0.251 e. The van der Waals surface area contributed by atoms with Crippen LogP contribution < -0.4 is 10.6 Å². The van der Waals surface area contributed by atoms with Crippen molar-refractivity contribution in [3.63, 3.8) is 0 Å². The van der Waals surface area contributed by atoms with E-state index in [9.17, 15) is 9.59 Å². The molecule has 2 fully saturated rings. The van der Waals surface area contributed by atoms with Gasteiger partial charge in [-0.1, -0.05) is 12.1 Å². The Morgan fingerprint density at radius 3 is 2.56 bits per heavy atom. The highest BCUT2D eigenvalue weighted by Crippen LogP contribution is 2.28. The van der Waals surface area contributed by atoms with Gasteiger partial charge in [0.15, 0.2) is 0 Å². The Morgan fingerprint density at radius 2 is 1.88 bits per heavy atom. The van der Waals surface area contributed by atoms with Gasteiger partial charge in [-0.2, -0.15) is 0 Å². The van der Waals surface area contributed by atoms with E-state index in [1.54, 1.807) is 18.2 Å². The molecule has 0 unspecified atom stereocenters. The van der Waals surface area contributed by atoms with Crippen molar-refractivity contribution in [3.05, 3.63) is 41.5 Å². The lowest BCUT2D eigenvalue weighted by Gasteiger charge is -2.04. The summed E-state index contributed by atoms with van der Waals surface area (Å²) >= 11 is 0. The van der Waals surface area contributed by atoms with Crippen LogP contribution in [0.3, 0.4) is 0 Å². The zero-order valence-electron chi connectivity index (χ0n) is 14.5. The second-order valence-electron chi connectivity index (χ2n) is 6.87. The van der Waals surface area contributed by atoms with Gasteiger partial charge in [-0.15, -0.1) is 0 Å². The summed E-state index contributed by atoms with van der Waals surface area (Å²) < 4.78 is 5.53. The molecule has 25 heavy (non-hydrogen) atoms. The van der Waals surface area contributed by atoms with E-state index in [0.29, 0.717) is 24.8 Å². The Balaban J connectivity index is 1.32. The highest BCUT2D eigenvalue weighted by Gasteiger charge is 2.23. The molecule has 2 amide bonds. The van der Waals surface area contributed by atoms with Gasteiger partial charge in [0.2, 0.25) is 5.91 Å². The van der Waals surface area contributed by atoms with E-state index in [2.05, 4.69) is 10.6 Å². The molecule has 2 saturated carbocycles. The van der Waals surface area contributed by atoms with Crippen molar-refractivity contribution >= 4 is 17.9 Å². The number of hydrogen-bond acceptors (Lipinski definition) is 3. The van der Waals surface area contributed by atoms with Crippen LogP contribution in [0.5, 0.6) is 0 Å². The summed E-state index contributed by atoms with van der Waals surface area (Å²) in [4.78, 5) is 23.7. The lowest BCUT2D eigenvalue weighted by atomic mass is 10.1. The predicted octanol–water partition coefficient (Wildman–Crippen LogP) is 2.52. The zero-order chi connectivity index (χ0) is 17.5. The van der Waals surface area contributed by atoms with E-state index in [0.717, 1.165) is 37.4 Å². The molecule has 1 aromatic carbocycles. The van der Waals surface area contributed by atoms with Crippen LogP contribution in [-0.4, -0.2) is 37.6 Å². The van der Waals surface area contributed by atoms with Gasteiger partial charge in [-0.3, -0.25) is 9.59 Å². The van der Waals surface area contributed by atoms with E-state index >= 15 is 0 Å². The lowest BCUT2D eigenvalue weighted by Crippen LogP contribution is -2.25. The van der Waals surface area contributed by atoms with Gasteiger partial charge in [-0.05, 0) is 61.8 Å². The van der Waals surface area contributed by atoms with Crippen molar-refractivity contribution in [1.29, 1.82) is 0 Å². The average Bonchev–Trinajstić information content (AvgIpc) is 3.52. The topological polar surface area (TPSA) is 67.4 Å². The Bertz CT molecular complexity index is 616. The zero-order valence-corrected chi connectivity index (χ0v) is 14.5. The molecule has 1 aromatic rings. The van der Waals surface area contributed by atoms with E-state index in [-0.39, 0.29) is 11.8 Å². The second-order valence-corrected chi connectivity index (χ2v) is 6.87. The molecule has 0 bridgehead atoms. The highest BCUT2D eigenvalue weighted by molar-refractivity contribution is 5.95. The van der Waals surface area contributed by atoms with Crippen LogP contribution in [-0.2, 0) is 9.53 Å². The average molecular weight is 342 g/mol. The SMILES string of the molecule is O=C(/C=C/c1ccc(C(=O)NC2CC2)cc1)NCCCOCC1CC1. The standard InChI is InChI=1S/C20H26N2O3/c23-19(21-12-1-13-25-14-16-2-3-16)11-6-15-4-7-17(8-5-15)20(24)22-18-9-10-18/h4-8,11,16,18H,1-3,9-10,12-14H2,(H,21,23)(H,22,24)/b11-6+. The molecule has 0 radical (unpaired) electrons. The molecule has 0 heterocycles. The molecule has 5 heteroatoms. The molecule has 134 valence electrons. The van der Waals surface area contributed by atoms with Gasteiger partial charge >= 0.3 is 0 Å². The van der Waals surface area contributed by atoms with Gasteiger partial charge in [-0.25, -0.2) is 0 Å². The molecule has 0 spiro atoms. The normalized spacial score (nSPS) is 16.8. The van der Waals surface area contributed by atoms with Gasteiger partial charge in [0.1, 0.15) is 0 Å². The minimum atomic E-state index is -0.113. The minimum absolute atomic E-state index is 0.0281. The molecule has 0 atom stereocenters. The van der Waals surface area contributed by atoms with Gasteiger partial charge in [0, 0.05) is 37.4 Å². The first-order chi connectivity index (χ1) is 12.2. The van der Waals surface area contributed by atoms with E-state index in [1.165, 1.54) is 18.9 Å². The highest BCUT2D eigenvalue weighted by atomic mass is 16.5. The van der Waals surface area contributed by atoms with Crippen LogP contribution in [0.15, 0.2) is 30.3 Å². The lowest BCUT2D eigenvalue weighted by molar-refractivity contribution is -0.116. The van der Waals surface area contributed by atoms with Gasteiger partial charge in [0.05, 0.1) is 0 Å². The second kappa shape index (κ2) is 8.81. The first kappa shape index (κ1) is 17.7. The molecular formula is C20H26N2O3. The molecule has 0 saturated heterocycles. The van der Waals surface area contributed by atoms with Crippen LogP contribution in [0.1, 0.15) is 48.0 Å². The summed E-state index contributed by atoms with van der Waals surface area (Å²) in [5.41, 5.74) is 1.55. The third kappa shape index (κ3) is 6.70. The molecule has 2 N–H and O–H groups in total. The predicted molar refractivity (Wildman–Crippen MR) is 97.1 cm³/mol. The fourth-order valence-electron chi connectivity index (χ4n) is 2.39. The third-order valence-corrected chi connectivity index (χ3v) is 4.33. The van der Waals surface area contributed by atoms with Crippen LogP contribution in [0.4, 0.5) is 0 Å². The van der Waals surface area contributed by atoms with Crippen LogP contribution in [0.2, 0.25) is 0 Å². The molecule has 3 rings (SSSR count). The van der Waals surface area contributed by atoms with Crippen LogP contribution in [0, 0.1) is 5.92 Å². The van der Waals surface area contributed by atoms with Gasteiger partial charge in [0.25, 0.3) is 5.91 Å². The van der Waals surface area contributed by atoms with Crippen molar-refractivity contribution in [3.8, 4) is 0 Å². The molecule has 5 nitrogen and oxygen atoms in total. The summed E-state index contributed by atoms with van der Waals surface area (Å²) in [7, 11) is 0. The minimum Gasteiger partial charge on any atom is -0.381 e. The number of ether oxygens (including phenoxy) is 1. The van der Waals surface area contributed by atoms with Crippen LogP contribution in [0.25, 0.3) is 6.08 Å². The fourth-order valence-corrected chi connectivity index (χ4v) is 2.39. The monoisotopic (exact) mass is 342 g/mol. The molecule has 0 aromatic heterocycles. The smallest absolute Gasteiger partial charge is 0.251 e. The van der Waals surface area contributed by atoms with E-state index in [4.69, 9.17) is 4.74 Å². The van der Waals surface area contributed by atoms with Crippen molar-refractivity contribution in [2.75, 3.05) is 19.8 Å². The Morgan fingerprint density at radius 1 is 1.12 bits per heavy atom. The van der Waals surface area contributed by atoms with Crippen molar-refractivity contribution in [1.82, 2.24) is 10.6 Å². The Labute approximate surface area is 148 Å². The molecular weight excluding hydrogens is 316 g/mol. The van der Waals surface area contributed by atoms with Gasteiger partial charge < -0.3 is 15.4 Å². The fraction of sp³-hybridized carbons (Fsp3) is 0.500. The summed E-state index contributed by atoms with van der Waals surface area (Å²) in [5.74, 6) is 0.640. The van der Waals surface area contributed by atoms with Crippen molar-refractivity contribution in [2.24, 2.45) is 5.92 Å². The summed E-state index contributed by atoms with van der Waals surface area (Å²) in [6.07, 6.45) is 8.85. The molecule has 0 aliphatic heterocycles. The first-order valence-electron chi connectivity index (χ1n) is 9.15. The number of rotatable bonds is 10. The van der Waals surface area contributed by atoms with Crippen LogP contribution >= 0.6 is 0 Å². The quantitative estimate of drug-likeness (QED) is 0.507. The molecule has 2 aliphatic rings. The number of benzene rings is 1. The maximum atomic E-state index is 11.9. The number of hydrogen-bond donors (Lipinski definition) is 2. The van der Waals surface area contributed by atoms with E-state index < -0.39 is 0 Å². The number of carbonyl (C=O) groups is 2. The number of carbonyl (C=O) groups excluding carboxylic acids is 2. The van der Waals surface area contributed by atoms with Crippen molar-refractivity contribution < 1.29 is 14.3 Å². The summed E-state index contributed by atoms with van der Waals surface area (Å²) in [6.45, 7) is 2.18. The summed E-state index contributed by atoms with van der Waals surface area (Å²) in [6, 6.07) is 7.61. The summed E-state index contributed by atoms with van der Waals surface area (Å²) in [5, 5.41) is 5.80. The number of amides is 2. The third-order valence-electron chi connectivity index (χ3n) is 4.33. The molecule has 2 aliphatic carbocycles. The number of nitrogens with one attached hydrogen (secondary N) is 2. The van der Waals surface area contributed by atoms with E-state index in [1.807, 2.05) is 12.1 Å². The van der Waals surface area contributed by atoms with Crippen molar-refractivity contribution in [2.45, 2.75) is 38.1 Å². The Hall–Kier alpha value is -2.14. The maximum absolute atomic E-state index is 11.9. The first-order valence-corrected chi connectivity index (χ1v) is 9.15. The largest absolute Gasteiger partial charge is 0.381 e.